The minimum absolute atomic E-state index is 0.185. The van der Waals surface area contributed by atoms with Gasteiger partial charge in [0.2, 0.25) is 5.95 Å². The molecule has 1 aliphatic rings. The lowest BCUT2D eigenvalue weighted by atomic mass is 10.2. The zero-order valence-electron chi connectivity index (χ0n) is 9.60. The summed E-state index contributed by atoms with van der Waals surface area (Å²) in [6.07, 6.45) is 1.44. The third-order valence-electron chi connectivity index (χ3n) is 2.93. The third-order valence-corrected chi connectivity index (χ3v) is 2.93. The highest BCUT2D eigenvalue weighted by molar-refractivity contribution is 5.40. The average Bonchev–Trinajstić information content (AvgIpc) is 2.28. The fourth-order valence-corrected chi connectivity index (χ4v) is 1.96. The van der Waals surface area contributed by atoms with Gasteiger partial charge >= 0.3 is 0 Å². The van der Waals surface area contributed by atoms with Crippen LogP contribution < -0.4 is 21.5 Å². The molecule has 1 aromatic heterocycles. The first-order valence-electron chi connectivity index (χ1n) is 5.40. The maximum Gasteiger partial charge on any atom is 0.277 e. The Kier molecular flexibility index (Phi) is 2.82. The van der Waals surface area contributed by atoms with Crippen LogP contribution in [0.4, 0.5) is 11.6 Å². The first kappa shape index (κ1) is 10.9. The molecule has 1 aromatic rings. The molecule has 6 heteroatoms. The molecule has 2 rings (SSSR count). The van der Waals surface area contributed by atoms with Gasteiger partial charge in [0.25, 0.3) is 5.56 Å². The molecular formula is C10H17N5O. The number of anilines is 2. The molecule has 0 bridgehead atoms. The second kappa shape index (κ2) is 4.13. The van der Waals surface area contributed by atoms with E-state index in [4.69, 9.17) is 5.73 Å². The van der Waals surface area contributed by atoms with E-state index in [0.29, 0.717) is 12.0 Å². The van der Waals surface area contributed by atoms with E-state index in [-0.39, 0.29) is 11.2 Å². The van der Waals surface area contributed by atoms with E-state index in [1.807, 2.05) is 0 Å². The molecule has 1 unspecified atom stereocenters. The summed E-state index contributed by atoms with van der Waals surface area (Å²) >= 11 is 0. The Morgan fingerprint density at radius 2 is 2.38 bits per heavy atom. The van der Waals surface area contributed by atoms with Gasteiger partial charge < -0.3 is 16.0 Å². The Morgan fingerprint density at radius 1 is 1.62 bits per heavy atom. The van der Waals surface area contributed by atoms with Gasteiger partial charge in [0, 0.05) is 32.7 Å². The highest BCUT2D eigenvalue weighted by atomic mass is 16.1. The molecule has 16 heavy (non-hydrogen) atoms. The molecule has 1 fully saturated rings. The largest absolute Gasteiger partial charge is 0.393 e. The van der Waals surface area contributed by atoms with E-state index in [1.165, 1.54) is 10.8 Å². The maximum atomic E-state index is 11.7. The van der Waals surface area contributed by atoms with Crippen molar-refractivity contribution < 1.29 is 0 Å². The Hall–Kier alpha value is -1.56. The van der Waals surface area contributed by atoms with Crippen molar-refractivity contribution in [3.8, 4) is 0 Å². The van der Waals surface area contributed by atoms with Crippen molar-refractivity contribution in [2.45, 2.75) is 13.0 Å². The smallest absolute Gasteiger partial charge is 0.277 e. The van der Waals surface area contributed by atoms with Crippen molar-refractivity contribution in [1.82, 2.24) is 14.9 Å². The Bertz CT molecular complexity index is 441. The maximum absolute atomic E-state index is 11.7. The molecule has 1 atom stereocenters. The van der Waals surface area contributed by atoms with Crippen LogP contribution in [0, 0.1) is 0 Å². The quantitative estimate of drug-likeness (QED) is 0.649. The predicted octanol–water partition coefficient (Wildman–Crippen LogP) is -0.839. The Morgan fingerprint density at radius 3 is 3.06 bits per heavy atom. The fourth-order valence-electron chi connectivity index (χ4n) is 1.96. The van der Waals surface area contributed by atoms with Gasteiger partial charge in [0.1, 0.15) is 5.69 Å². The minimum atomic E-state index is -0.185. The van der Waals surface area contributed by atoms with Crippen LogP contribution in [0.3, 0.4) is 0 Å². The summed E-state index contributed by atoms with van der Waals surface area (Å²) in [6.45, 7) is 4.77. The number of aromatic nitrogens is 2. The zero-order chi connectivity index (χ0) is 11.7. The molecule has 0 amide bonds. The van der Waals surface area contributed by atoms with Crippen molar-refractivity contribution in [3.63, 3.8) is 0 Å². The first-order valence-corrected chi connectivity index (χ1v) is 5.40. The van der Waals surface area contributed by atoms with Crippen molar-refractivity contribution in [1.29, 1.82) is 0 Å². The summed E-state index contributed by atoms with van der Waals surface area (Å²) in [6, 6.07) is 0.329. The minimum Gasteiger partial charge on any atom is -0.393 e. The fraction of sp³-hybridized carbons (Fsp3) is 0.600. The molecule has 0 radical (unpaired) electrons. The van der Waals surface area contributed by atoms with Gasteiger partial charge in [-0.1, -0.05) is 0 Å². The van der Waals surface area contributed by atoms with Gasteiger partial charge in [0.15, 0.2) is 0 Å². The van der Waals surface area contributed by atoms with Crippen molar-refractivity contribution >= 4 is 11.6 Å². The molecule has 0 spiro atoms. The van der Waals surface area contributed by atoms with E-state index >= 15 is 0 Å². The predicted molar refractivity (Wildman–Crippen MR) is 63.6 cm³/mol. The molecular weight excluding hydrogens is 206 g/mol. The second-order valence-electron chi connectivity index (χ2n) is 4.12. The van der Waals surface area contributed by atoms with Crippen molar-refractivity contribution in [2.75, 3.05) is 30.3 Å². The number of piperazine rings is 1. The number of nitrogens with zero attached hydrogens (tertiary/aromatic N) is 3. The molecule has 3 N–H and O–H groups in total. The molecule has 0 aromatic carbocycles. The summed E-state index contributed by atoms with van der Waals surface area (Å²) in [5.74, 6) is 0.688. The monoisotopic (exact) mass is 223 g/mol. The van der Waals surface area contributed by atoms with Gasteiger partial charge in [-0.15, -0.1) is 0 Å². The number of rotatable bonds is 1. The standard InChI is InChI=1S/C10H17N5O/c1-7-5-12-3-4-15(7)10-13-6-8(11)9(16)14(10)2/h6-7,12H,3-5,11H2,1-2H3. The summed E-state index contributed by atoms with van der Waals surface area (Å²) < 4.78 is 1.51. The molecule has 1 saturated heterocycles. The van der Waals surface area contributed by atoms with Gasteiger partial charge in [-0.2, -0.15) is 0 Å². The molecule has 88 valence electrons. The van der Waals surface area contributed by atoms with Crippen molar-refractivity contribution in [3.05, 3.63) is 16.6 Å². The average molecular weight is 223 g/mol. The molecule has 6 nitrogen and oxygen atoms in total. The number of hydrogen-bond acceptors (Lipinski definition) is 5. The molecule has 0 saturated carbocycles. The Labute approximate surface area is 94.1 Å². The van der Waals surface area contributed by atoms with Crippen LogP contribution in [0.5, 0.6) is 0 Å². The van der Waals surface area contributed by atoms with E-state index in [2.05, 4.69) is 22.1 Å². The number of hydrogen-bond donors (Lipinski definition) is 2. The van der Waals surface area contributed by atoms with Crippen LogP contribution in [0.15, 0.2) is 11.0 Å². The van der Waals surface area contributed by atoms with Crippen LogP contribution in [-0.2, 0) is 7.05 Å². The van der Waals surface area contributed by atoms with Crippen molar-refractivity contribution in [2.24, 2.45) is 7.05 Å². The third kappa shape index (κ3) is 1.76. The van der Waals surface area contributed by atoms with Gasteiger partial charge in [0.05, 0.1) is 6.20 Å². The van der Waals surface area contributed by atoms with Crippen LogP contribution in [0.2, 0.25) is 0 Å². The van der Waals surface area contributed by atoms with Crippen LogP contribution >= 0.6 is 0 Å². The lowest BCUT2D eigenvalue weighted by molar-refractivity contribution is 0.485. The second-order valence-corrected chi connectivity index (χ2v) is 4.12. The molecule has 0 aliphatic carbocycles. The van der Waals surface area contributed by atoms with Crippen LogP contribution in [0.25, 0.3) is 0 Å². The highest BCUT2D eigenvalue weighted by Crippen LogP contribution is 2.13. The summed E-state index contributed by atoms with van der Waals surface area (Å²) in [5, 5.41) is 3.30. The normalized spacial score (nSPS) is 21.1. The van der Waals surface area contributed by atoms with Gasteiger partial charge in [-0.05, 0) is 6.92 Å². The van der Waals surface area contributed by atoms with Crippen LogP contribution in [0.1, 0.15) is 6.92 Å². The van der Waals surface area contributed by atoms with E-state index < -0.39 is 0 Å². The number of nitrogens with one attached hydrogen (secondary N) is 1. The number of nitrogens with two attached hydrogens (primary N) is 1. The molecule has 1 aliphatic heterocycles. The lowest BCUT2D eigenvalue weighted by Crippen LogP contribution is -2.51. The van der Waals surface area contributed by atoms with Gasteiger partial charge in [-0.25, -0.2) is 4.98 Å². The lowest BCUT2D eigenvalue weighted by Gasteiger charge is -2.35. The Balaban J connectivity index is 2.40. The van der Waals surface area contributed by atoms with E-state index in [1.54, 1.807) is 7.05 Å². The number of nitrogen functional groups attached to an aromatic ring is 1. The zero-order valence-corrected chi connectivity index (χ0v) is 9.60. The molecule has 2 heterocycles. The van der Waals surface area contributed by atoms with E-state index in [9.17, 15) is 4.79 Å². The summed E-state index contributed by atoms with van der Waals surface area (Å²) in [7, 11) is 1.70. The van der Waals surface area contributed by atoms with Gasteiger partial charge in [-0.3, -0.25) is 9.36 Å². The highest BCUT2D eigenvalue weighted by Gasteiger charge is 2.21. The topological polar surface area (TPSA) is 76.2 Å². The van der Waals surface area contributed by atoms with Crippen LogP contribution in [-0.4, -0.2) is 35.2 Å². The first-order chi connectivity index (χ1) is 7.61. The summed E-state index contributed by atoms with van der Waals surface area (Å²) in [4.78, 5) is 18.1. The summed E-state index contributed by atoms with van der Waals surface area (Å²) in [5.41, 5.74) is 5.53. The SMILES string of the molecule is CC1CNCCN1c1ncc(N)c(=O)n1C. The van der Waals surface area contributed by atoms with E-state index in [0.717, 1.165) is 19.6 Å².